The summed E-state index contributed by atoms with van der Waals surface area (Å²) in [4.78, 5) is 2.84. The number of unbranched alkanes of at least 4 members (excludes halogenated alkanes) is 1. The molecule has 2 unspecified atom stereocenters. The van der Waals surface area contributed by atoms with Gasteiger partial charge in [0, 0.05) is 5.54 Å². The van der Waals surface area contributed by atoms with E-state index < -0.39 is 0 Å². The van der Waals surface area contributed by atoms with Crippen molar-refractivity contribution in [2.45, 2.75) is 77.2 Å². The Morgan fingerprint density at radius 2 is 2.20 bits per heavy atom. The van der Waals surface area contributed by atoms with Gasteiger partial charge in [-0.3, -0.25) is 4.90 Å². The van der Waals surface area contributed by atoms with Crippen LogP contribution in [0.2, 0.25) is 0 Å². The van der Waals surface area contributed by atoms with Gasteiger partial charge in [0.25, 0.3) is 0 Å². The van der Waals surface area contributed by atoms with E-state index in [0.29, 0.717) is 5.54 Å². The van der Waals surface area contributed by atoms with Gasteiger partial charge in [-0.05, 0) is 70.4 Å². The third kappa shape index (κ3) is 3.55. The smallest absolute Gasteiger partial charge is 0.0247 e. The molecular formula is C19H33N. The lowest BCUT2D eigenvalue weighted by atomic mass is 9.93. The molecule has 1 saturated heterocycles. The number of nitrogens with zero attached hydrogens (tertiary/aromatic N) is 1. The van der Waals surface area contributed by atoms with Gasteiger partial charge >= 0.3 is 0 Å². The highest BCUT2D eigenvalue weighted by Gasteiger charge is 2.56. The maximum Gasteiger partial charge on any atom is 0.0247 e. The molecule has 0 radical (unpaired) electrons. The molecule has 0 N–H and O–H groups in total. The molecule has 0 aromatic carbocycles. The van der Waals surface area contributed by atoms with Gasteiger partial charge in [0.1, 0.15) is 0 Å². The quantitative estimate of drug-likeness (QED) is 0.567. The zero-order valence-corrected chi connectivity index (χ0v) is 13.7. The Labute approximate surface area is 126 Å². The van der Waals surface area contributed by atoms with E-state index in [1.165, 1.54) is 75.6 Å². The van der Waals surface area contributed by atoms with Crippen molar-refractivity contribution >= 4 is 0 Å². The van der Waals surface area contributed by atoms with E-state index >= 15 is 0 Å². The molecule has 0 amide bonds. The van der Waals surface area contributed by atoms with Crippen LogP contribution in [0.25, 0.3) is 0 Å². The van der Waals surface area contributed by atoms with Crippen LogP contribution in [-0.2, 0) is 0 Å². The lowest BCUT2D eigenvalue weighted by molar-refractivity contribution is 0.142. The molecule has 1 aliphatic heterocycles. The van der Waals surface area contributed by atoms with Crippen molar-refractivity contribution in [2.75, 3.05) is 13.1 Å². The molecule has 1 aliphatic carbocycles. The maximum atomic E-state index is 4.29. The van der Waals surface area contributed by atoms with Crippen LogP contribution in [0, 0.1) is 5.92 Å². The normalized spacial score (nSPS) is 30.5. The second-order valence-electron chi connectivity index (χ2n) is 7.01. The van der Waals surface area contributed by atoms with E-state index in [9.17, 15) is 0 Å². The highest BCUT2D eigenvalue weighted by molar-refractivity contribution is 5.18. The fourth-order valence-electron chi connectivity index (χ4n) is 3.93. The lowest BCUT2D eigenvalue weighted by Crippen LogP contribution is -2.41. The number of rotatable bonds is 7. The van der Waals surface area contributed by atoms with E-state index in [1.807, 2.05) is 0 Å². The van der Waals surface area contributed by atoms with Gasteiger partial charge in [-0.15, -0.1) is 0 Å². The highest BCUT2D eigenvalue weighted by Crippen LogP contribution is 2.56. The minimum absolute atomic E-state index is 0.511. The Morgan fingerprint density at radius 1 is 1.40 bits per heavy atom. The average molecular weight is 275 g/mol. The van der Waals surface area contributed by atoms with Crippen molar-refractivity contribution in [3.05, 3.63) is 24.3 Å². The van der Waals surface area contributed by atoms with Crippen molar-refractivity contribution in [1.82, 2.24) is 4.90 Å². The van der Waals surface area contributed by atoms with Crippen molar-refractivity contribution in [3.8, 4) is 0 Å². The maximum absolute atomic E-state index is 4.29. The van der Waals surface area contributed by atoms with Crippen LogP contribution in [0.5, 0.6) is 0 Å². The Balaban J connectivity index is 2.02. The molecule has 2 aliphatic rings. The number of likely N-dealkylation sites (tertiary alicyclic amines) is 1. The fraction of sp³-hybridized carbons (Fsp3) is 0.789. The first-order chi connectivity index (χ1) is 9.62. The number of hydrogen-bond donors (Lipinski definition) is 0. The largest absolute Gasteiger partial charge is 0.297 e. The predicted molar refractivity (Wildman–Crippen MR) is 89.0 cm³/mol. The van der Waals surface area contributed by atoms with Crippen LogP contribution in [0.4, 0.5) is 0 Å². The fourth-order valence-corrected chi connectivity index (χ4v) is 3.93. The van der Waals surface area contributed by atoms with E-state index in [4.69, 9.17) is 0 Å². The molecular weight excluding hydrogens is 242 g/mol. The summed E-state index contributed by atoms with van der Waals surface area (Å²) in [6, 6.07) is 0. The molecule has 1 nitrogen and oxygen atoms in total. The zero-order chi connectivity index (χ0) is 14.6. The predicted octanol–water partition coefficient (Wildman–Crippen LogP) is 5.33. The van der Waals surface area contributed by atoms with Crippen molar-refractivity contribution in [2.24, 2.45) is 5.92 Å². The van der Waals surface area contributed by atoms with Gasteiger partial charge in [-0.2, -0.15) is 0 Å². The van der Waals surface area contributed by atoms with Gasteiger partial charge in [0.15, 0.2) is 0 Å². The van der Waals surface area contributed by atoms with Crippen LogP contribution in [0.1, 0.15) is 71.6 Å². The summed E-state index contributed by atoms with van der Waals surface area (Å²) >= 11 is 0. The van der Waals surface area contributed by atoms with Gasteiger partial charge in [-0.25, -0.2) is 0 Å². The van der Waals surface area contributed by atoms with Crippen LogP contribution >= 0.6 is 0 Å². The third-order valence-corrected chi connectivity index (χ3v) is 5.52. The number of hydrogen-bond acceptors (Lipinski definition) is 1. The minimum Gasteiger partial charge on any atom is -0.297 e. The van der Waals surface area contributed by atoms with Gasteiger partial charge in [0.05, 0.1) is 0 Å². The Morgan fingerprint density at radius 3 is 2.90 bits per heavy atom. The molecule has 2 fully saturated rings. The number of fused-ring (bicyclic) bond motifs is 1. The molecule has 0 aromatic rings. The number of allylic oxidation sites excluding steroid dienone is 2. The standard InChI is InChI=1S/C19H33N/c1-5-7-12-20-13-8-9-17(4)14-18-15-19(18,20)11-10-16(3)6-2/h18H,3-15H2,1-2H3. The molecule has 0 aromatic heterocycles. The molecule has 20 heavy (non-hydrogen) atoms. The van der Waals surface area contributed by atoms with E-state index in [-0.39, 0.29) is 0 Å². The summed E-state index contributed by atoms with van der Waals surface area (Å²) in [6.07, 6.45) is 11.6. The lowest BCUT2D eigenvalue weighted by Gasteiger charge is -2.35. The van der Waals surface area contributed by atoms with Gasteiger partial charge < -0.3 is 0 Å². The Bertz CT molecular complexity index is 357. The van der Waals surface area contributed by atoms with E-state index in [1.54, 1.807) is 0 Å². The summed E-state index contributed by atoms with van der Waals surface area (Å²) in [5, 5.41) is 0. The molecule has 2 atom stereocenters. The first-order valence-corrected chi connectivity index (χ1v) is 8.70. The Kier molecular flexibility index (Phi) is 5.49. The highest BCUT2D eigenvalue weighted by atomic mass is 15.2. The monoisotopic (exact) mass is 275 g/mol. The van der Waals surface area contributed by atoms with E-state index in [2.05, 4.69) is 31.9 Å². The van der Waals surface area contributed by atoms with E-state index in [0.717, 1.165) is 12.3 Å². The summed E-state index contributed by atoms with van der Waals surface area (Å²) in [6.45, 7) is 15.6. The zero-order valence-electron chi connectivity index (χ0n) is 13.7. The third-order valence-electron chi connectivity index (χ3n) is 5.52. The summed E-state index contributed by atoms with van der Waals surface area (Å²) in [5.74, 6) is 0.886. The second-order valence-corrected chi connectivity index (χ2v) is 7.01. The topological polar surface area (TPSA) is 3.24 Å². The second kappa shape index (κ2) is 6.93. The van der Waals surface area contributed by atoms with Crippen LogP contribution in [0.15, 0.2) is 24.3 Å². The van der Waals surface area contributed by atoms with Crippen molar-refractivity contribution in [3.63, 3.8) is 0 Å². The SMILES string of the molecule is C=C(CC)CCC12CC1CC(=C)CCCN2CCCC. The van der Waals surface area contributed by atoms with Gasteiger partial charge in [0.2, 0.25) is 0 Å². The Hall–Kier alpha value is -0.560. The molecule has 114 valence electrons. The van der Waals surface area contributed by atoms with Gasteiger partial charge in [-0.1, -0.05) is 44.6 Å². The summed E-state index contributed by atoms with van der Waals surface area (Å²) in [7, 11) is 0. The minimum atomic E-state index is 0.511. The van der Waals surface area contributed by atoms with Crippen LogP contribution < -0.4 is 0 Å². The molecule has 0 spiro atoms. The molecule has 1 saturated carbocycles. The summed E-state index contributed by atoms with van der Waals surface area (Å²) < 4.78 is 0. The molecule has 2 rings (SSSR count). The van der Waals surface area contributed by atoms with Crippen LogP contribution in [-0.4, -0.2) is 23.5 Å². The summed E-state index contributed by atoms with van der Waals surface area (Å²) in [5.41, 5.74) is 3.44. The first-order valence-electron chi connectivity index (χ1n) is 8.70. The van der Waals surface area contributed by atoms with Crippen LogP contribution in [0.3, 0.4) is 0 Å². The molecule has 1 heterocycles. The first kappa shape index (κ1) is 15.8. The molecule has 0 bridgehead atoms. The molecule has 1 heteroatoms. The van der Waals surface area contributed by atoms with Crippen molar-refractivity contribution < 1.29 is 0 Å². The van der Waals surface area contributed by atoms with Crippen molar-refractivity contribution in [1.29, 1.82) is 0 Å². The average Bonchev–Trinajstić information content (AvgIpc) is 3.11.